The minimum atomic E-state index is -3.74. The summed E-state index contributed by atoms with van der Waals surface area (Å²) in [7, 11) is -2.19. The van der Waals surface area contributed by atoms with Gasteiger partial charge in [-0.3, -0.25) is 14.7 Å². The zero-order valence-electron chi connectivity index (χ0n) is 21.9. The van der Waals surface area contributed by atoms with Crippen molar-refractivity contribution in [3.05, 3.63) is 119 Å². The van der Waals surface area contributed by atoms with Crippen LogP contribution in [-0.2, 0) is 23.1 Å². The Labute approximate surface area is 232 Å². The quantitative estimate of drug-likeness (QED) is 0.235. The van der Waals surface area contributed by atoms with Gasteiger partial charge in [0, 0.05) is 25.4 Å². The van der Waals surface area contributed by atoms with Crippen molar-refractivity contribution in [2.75, 3.05) is 11.9 Å². The van der Waals surface area contributed by atoms with Crippen LogP contribution in [0.15, 0.2) is 96.0 Å². The molecule has 0 aliphatic carbocycles. The number of carbonyl (C=O) groups excluding carboxylic acids is 1. The van der Waals surface area contributed by atoms with Crippen molar-refractivity contribution in [2.24, 2.45) is 0 Å². The van der Waals surface area contributed by atoms with Gasteiger partial charge in [0.05, 0.1) is 27.4 Å². The highest BCUT2D eigenvalue weighted by atomic mass is 32.2. The summed E-state index contributed by atoms with van der Waals surface area (Å²) in [6.07, 6.45) is 1.69. The highest BCUT2D eigenvalue weighted by Crippen LogP contribution is 2.33. The summed E-state index contributed by atoms with van der Waals surface area (Å²) in [4.78, 5) is 24.7. The van der Waals surface area contributed by atoms with Gasteiger partial charge in [-0.1, -0.05) is 53.8 Å². The largest absolute Gasteiger partial charge is 0.278 e. The lowest BCUT2D eigenvalue weighted by molar-refractivity contribution is 0.0984. The molecule has 0 N–H and O–H groups in total. The molecule has 0 saturated heterocycles. The molecule has 0 spiro atoms. The van der Waals surface area contributed by atoms with Gasteiger partial charge in [0.2, 0.25) is 10.0 Å². The normalized spacial score (nSPS) is 11.7. The van der Waals surface area contributed by atoms with E-state index >= 15 is 0 Å². The smallest absolute Gasteiger partial charge is 0.260 e. The molecule has 2 heterocycles. The number of carbonyl (C=O) groups is 1. The Kier molecular flexibility index (Phi) is 7.56. The van der Waals surface area contributed by atoms with Gasteiger partial charge in [-0.2, -0.15) is 4.31 Å². The number of pyridine rings is 1. The molecular formula is C30H28N4O3S2. The second-order valence-electron chi connectivity index (χ2n) is 9.41. The highest BCUT2D eigenvalue weighted by Gasteiger charge is 2.25. The van der Waals surface area contributed by atoms with Crippen molar-refractivity contribution in [2.45, 2.75) is 31.8 Å². The van der Waals surface area contributed by atoms with Crippen LogP contribution in [0.3, 0.4) is 0 Å². The van der Waals surface area contributed by atoms with Crippen LogP contribution in [0, 0.1) is 13.8 Å². The minimum absolute atomic E-state index is 0.125. The fraction of sp³-hybridized carbons (Fsp3) is 0.167. The number of anilines is 1. The van der Waals surface area contributed by atoms with E-state index in [9.17, 15) is 13.2 Å². The molecular weight excluding hydrogens is 528 g/mol. The molecule has 0 fully saturated rings. The number of aryl methyl sites for hydroxylation is 2. The Hall–Kier alpha value is -3.92. The van der Waals surface area contributed by atoms with E-state index in [1.54, 1.807) is 30.3 Å². The second kappa shape index (κ2) is 11.1. The Morgan fingerprint density at radius 2 is 1.62 bits per heavy atom. The van der Waals surface area contributed by atoms with Crippen molar-refractivity contribution in [3.8, 4) is 0 Å². The first kappa shape index (κ1) is 26.7. The zero-order chi connectivity index (χ0) is 27.6. The van der Waals surface area contributed by atoms with E-state index in [1.165, 1.54) is 27.8 Å². The Balaban J connectivity index is 1.45. The van der Waals surface area contributed by atoms with E-state index in [2.05, 4.69) is 11.1 Å². The van der Waals surface area contributed by atoms with E-state index in [-0.39, 0.29) is 23.9 Å². The number of nitrogens with zero attached hydrogens (tertiary/aromatic N) is 4. The number of rotatable bonds is 8. The van der Waals surface area contributed by atoms with E-state index in [1.807, 2.05) is 68.4 Å². The number of fused-ring (bicyclic) bond motifs is 1. The van der Waals surface area contributed by atoms with Gasteiger partial charge in [-0.05, 0) is 73.0 Å². The number of benzene rings is 3. The molecule has 9 heteroatoms. The topological polar surface area (TPSA) is 83.5 Å². The van der Waals surface area contributed by atoms with Gasteiger partial charge in [-0.15, -0.1) is 0 Å². The Morgan fingerprint density at radius 3 is 2.31 bits per heavy atom. The molecule has 5 rings (SSSR count). The lowest BCUT2D eigenvalue weighted by Crippen LogP contribution is -2.31. The average molecular weight is 557 g/mol. The van der Waals surface area contributed by atoms with Gasteiger partial charge >= 0.3 is 0 Å². The van der Waals surface area contributed by atoms with Crippen LogP contribution in [0.1, 0.15) is 32.7 Å². The molecule has 0 radical (unpaired) electrons. The molecule has 1 amide bonds. The first-order chi connectivity index (χ1) is 18.7. The van der Waals surface area contributed by atoms with Crippen molar-refractivity contribution in [1.29, 1.82) is 0 Å². The summed E-state index contributed by atoms with van der Waals surface area (Å²) in [6, 6.07) is 25.2. The number of hydrogen-bond acceptors (Lipinski definition) is 6. The molecule has 0 unspecified atom stereocenters. The highest BCUT2D eigenvalue weighted by molar-refractivity contribution is 7.89. The lowest BCUT2D eigenvalue weighted by atomic mass is 10.1. The maximum atomic E-state index is 13.8. The van der Waals surface area contributed by atoms with Gasteiger partial charge in [0.15, 0.2) is 5.13 Å². The molecule has 5 aromatic rings. The molecule has 0 aliphatic rings. The van der Waals surface area contributed by atoms with Gasteiger partial charge in [0.1, 0.15) is 0 Å². The van der Waals surface area contributed by atoms with E-state index in [0.717, 1.165) is 32.6 Å². The standard InChI is InChI=1S/C30H28N4O3S2/c1-21-17-22(2)28-27(18-21)32-30(38-28)34(20-25-11-7-8-16-31-25)29(35)24-12-14-26(15-13-24)39(36,37)33(3)19-23-9-5-4-6-10-23/h4-18H,19-20H2,1-3H3. The Bertz CT molecular complexity index is 1720. The predicted molar refractivity (Wildman–Crippen MR) is 155 cm³/mol. The molecule has 7 nitrogen and oxygen atoms in total. The summed E-state index contributed by atoms with van der Waals surface area (Å²) in [5.41, 5.74) is 5.03. The van der Waals surface area contributed by atoms with Crippen LogP contribution >= 0.6 is 11.3 Å². The van der Waals surface area contributed by atoms with Gasteiger partial charge in [-0.25, -0.2) is 13.4 Å². The molecule has 2 aromatic heterocycles. The number of hydrogen-bond donors (Lipinski definition) is 0. The maximum absolute atomic E-state index is 13.8. The van der Waals surface area contributed by atoms with Crippen LogP contribution in [-0.4, -0.2) is 35.6 Å². The van der Waals surface area contributed by atoms with E-state index < -0.39 is 10.0 Å². The van der Waals surface area contributed by atoms with Crippen LogP contribution < -0.4 is 4.90 Å². The van der Waals surface area contributed by atoms with Crippen molar-refractivity contribution in [1.82, 2.24) is 14.3 Å². The third-order valence-electron chi connectivity index (χ3n) is 6.39. The van der Waals surface area contributed by atoms with Gasteiger partial charge in [0.25, 0.3) is 5.91 Å². The van der Waals surface area contributed by atoms with Crippen molar-refractivity contribution in [3.63, 3.8) is 0 Å². The first-order valence-corrected chi connectivity index (χ1v) is 14.7. The fourth-order valence-corrected chi connectivity index (χ4v) is 6.56. The van der Waals surface area contributed by atoms with E-state index in [4.69, 9.17) is 4.98 Å². The predicted octanol–water partition coefficient (Wildman–Crippen LogP) is 5.98. The maximum Gasteiger partial charge on any atom is 0.260 e. The van der Waals surface area contributed by atoms with Crippen LogP contribution in [0.25, 0.3) is 10.2 Å². The Morgan fingerprint density at radius 1 is 0.897 bits per heavy atom. The molecule has 3 aromatic carbocycles. The summed E-state index contributed by atoms with van der Waals surface area (Å²) in [5, 5.41) is 0.564. The van der Waals surface area contributed by atoms with E-state index in [0.29, 0.717) is 10.7 Å². The molecule has 0 bridgehead atoms. The number of amides is 1. The first-order valence-electron chi connectivity index (χ1n) is 12.4. The van der Waals surface area contributed by atoms with Crippen molar-refractivity contribution < 1.29 is 13.2 Å². The molecule has 39 heavy (non-hydrogen) atoms. The van der Waals surface area contributed by atoms with Crippen molar-refractivity contribution >= 4 is 42.6 Å². The zero-order valence-corrected chi connectivity index (χ0v) is 23.5. The van der Waals surface area contributed by atoms with Crippen LogP contribution in [0.2, 0.25) is 0 Å². The molecule has 0 aliphatic heterocycles. The number of sulfonamides is 1. The molecule has 0 atom stereocenters. The number of aromatic nitrogens is 2. The van der Waals surface area contributed by atoms with Crippen LogP contribution in [0.5, 0.6) is 0 Å². The third-order valence-corrected chi connectivity index (χ3v) is 9.44. The van der Waals surface area contributed by atoms with Gasteiger partial charge < -0.3 is 0 Å². The monoisotopic (exact) mass is 556 g/mol. The fourth-order valence-electron chi connectivity index (χ4n) is 4.39. The molecule has 198 valence electrons. The minimum Gasteiger partial charge on any atom is -0.278 e. The lowest BCUT2D eigenvalue weighted by Gasteiger charge is -2.20. The summed E-state index contributed by atoms with van der Waals surface area (Å²) >= 11 is 1.46. The average Bonchev–Trinajstić information content (AvgIpc) is 3.36. The summed E-state index contributed by atoms with van der Waals surface area (Å²) < 4.78 is 28.7. The SMILES string of the molecule is Cc1cc(C)c2sc(N(Cc3ccccn3)C(=O)c3ccc(S(=O)(=O)N(C)Cc4ccccc4)cc3)nc2c1. The van der Waals surface area contributed by atoms with Crippen LogP contribution in [0.4, 0.5) is 5.13 Å². The second-order valence-corrected chi connectivity index (χ2v) is 12.4. The third kappa shape index (κ3) is 5.75. The number of thiazole rings is 1. The summed E-state index contributed by atoms with van der Waals surface area (Å²) in [5.74, 6) is -0.282. The summed E-state index contributed by atoms with van der Waals surface area (Å²) in [6.45, 7) is 4.54. The molecule has 0 saturated carbocycles.